The summed E-state index contributed by atoms with van der Waals surface area (Å²) in [5.74, 6) is 0.600. The molecule has 1 aromatic rings. The zero-order valence-electron chi connectivity index (χ0n) is 10.0. The highest BCUT2D eigenvalue weighted by atomic mass is 16.1. The molecule has 1 amide bonds. The smallest absolute Gasteiger partial charge is 0.217 e. The Hall–Kier alpha value is -1.78. The van der Waals surface area contributed by atoms with Crippen molar-refractivity contribution < 1.29 is 4.79 Å². The van der Waals surface area contributed by atoms with Gasteiger partial charge in [-0.1, -0.05) is 0 Å². The summed E-state index contributed by atoms with van der Waals surface area (Å²) in [6.07, 6.45) is 3.67. The fourth-order valence-corrected chi connectivity index (χ4v) is 2.20. The molecule has 0 aromatic carbocycles. The maximum Gasteiger partial charge on any atom is 0.217 e. The van der Waals surface area contributed by atoms with Gasteiger partial charge in [-0.05, 0) is 18.9 Å². The van der Waals surface area contributed by atoms with Crippen LogP contribution < -0.4 is 16.0 Å². The van der Waals surface area contributed by atoms with Gasteiger partial charge in [-0.2, -0.15) is 0 Å². The van der Waals surface area contributed by atoms with E-state index in [-0.39, 0.29) is 5.91 Å². The van der Waals surface area contributed by atoms with Crippen LogP contribution in [0, 0.1) is 0 Å². The first-order valence-electron chi connectivity index (χ1n) is 5.89. The molecule has 5 heteroatoms. The van der Waals surface area contributed by atoms with Gasteiger partial charge < -0.3 is 16.0 Å². The van der Waals surface area contributed by atoms with Crippen LogP contribution >= 0.6 is 0 Å². The van der Waals surface area contributed by atoms with Crippen LogP contribution in [0.4, 0.5) is 11.5 Å². The molecule has 1 aliphatic rings. The summed E-state index contributed by atoms with van der Waals surface area (Å²) < 4.78 is 0. The number of carbonyl (C=O) groups excluding carboxylic acids is 1. The highest BCUT2D eigenvalue weighted by Gasteiger charge is 2.19. The second-order valence-corrected chi connectivity index (χ2v) is 4.40. The number of nitrogens with two attached hydrogens (primary N) is 1. The zero-order valence-corrected chi connectivity index (χ0v) is 10.0. The monoisotopic (exact) mass is 234 g/mol. The molecule has 5 nitrogen and oxygen atoms in total. The van der Waals surface area contributed by atoms with Crippen LogP contribution in [0.15, 0.2) is 18.3 Å². The number of rotatable bonds is 2. The van der Waals surface area contributed by atoms with Gasteiger partial charge in [-0.3, -0.25) is 4.79 Å². The van der Waals surface area contributed by atoms with Crippen molar-refractivity contribution in [3.63, 3.8) is 0 Å². The standard InChI is InChI=1S/C12H18N4O/c1-9(17)15-10-3-6-16(7-4-10)11-2-5-14-12(13)8-11/h2,5,8,10H,3-4,6-7H2,1H3,(H2,13,14)(H,15,17). The molecular weight excluding hydrogens is 216 g/mol. The van der Waals surface area contributed by atoms with Gasteiger partial charge in [0.15, 0.2) is 0 Å². The number of nitrogens with zero attached hydrogens (tertiary/aromatic N) is 2. The van der Waals surface area contributed by atoms with E-state index in [1.165, 1.54) is 0 Å². The number of amides is 1. The Morgan fingerprint density at radius 1 is 1.53 bits per heavy atom. The fraction of sp³-hybridized carbons (Fsp3) is 0.500. The number of carbonyl (C=O) groups is 1. The first-order chi connectivity index (χ1) is 8.15. The van der Waals surface area contributed by atoms with Crippen LogP contribution in [0.1, 0.15) is 19.8 Å². The average Bonchev–Trinajstić information content (AvgIpc) is 2.29. The van der Waals surface area contributed by atoms with Gasteiger partial charge in [0.05, 0.1) is 0 Å². The van der Waals surface area contributed by atoms with Crippen molar-refractivity contribution in [1.82, 2.24) is 10.3 Å². The van der Waals surface area contributed by atoms with Crippen molar-refractivity contribution in [3.8, 4) is 0 Å². The Morgan fingerprint density at radius 2 is 2.24 bits per heavy atom. The number of nitrogen functional groups attached to an aromatic ring is 1. The van der Waals surface area contributed by atoms with Crippen molar-refractivity contribution in [1.29, 1.82) is 0 Å². The van der Waals surface area contributed by atoms with Gasteiger partial charge in [0, 0.05) is 44.0 Å². The Balaban J connectivity index is 1.93. The van der Waals surface area contributed by atoms with Gasteiger partial charge in [-0.25, -0.2) is 4.98 Å². The number of pyridine rings is 1. The van der Waals surface area contributed by atoms with Crippen molar-refractivity contribution in [2.75, 3.05) is 23.7 Å². The Bertz CT molecular complexity index is 399. The topological polar surface area (TPSA) is 71.2 Å². The predicted octanol–water partition coefficient (Wildman–Crippen LogP) is 0.769. The van der Waals surface area contributed by atoms with Gasteiger partial charge in [0.1, 0.15) is 5.82 Å². The molecule has 17 heavy (non-hydrogen) atoms. The lowest BCUT2D eigenvalue weighted by molar-refractivity contribution is -0.119. The Labute approximate surface area is 101 Å². The minimum absolute atomic E-state index is 0.0524. The Kier molecular flexibility index (Phi) is 3.46. The van der Waals surface area contributed by atoms with E-state index < -0.39 is 0 Å². The summed E-state index contributed by atoms with van der Waals surface area (Å²) in [5, 5.41) is 2.96. The van der Waals surface area contributed by atoms with Gasteiger partial charge in [0.2, 0.25) is 5.91 Å². The molecule has 2 rings (SSSR count). The summed E-state index contributed by atoms with van der Waals surface area (Å²) in [4.78, 5) is 17.2. The summed E-state index contributed by atoms with van der Waals surface area (Å²) in [6, 6.07) is 4.16. The van der Waals surface area contributed by atoms with Crippen molar-refractivity contribution in [2.24, 2.45) is 0 Å². The van der Waals surface area contributed by atoms with Gasteiger partial charge >= 0.3 is 0 Å². The van der Waals surface area contributed by atoms with Crippen molar-refractivity contribution in [2.45, 2.75) is 25.8 Å². The highest BCUT2D eigenvalue weighted by molar-refractivity contribution is 5.73. The van der Waals surface area contributed by atoms with E-state index in [0.717, 1.165) is 31.6 Å². The second-order valence-electron chi connectivity index (χ2n) is 4.40. The number of nitrogens with one attached hydrogen (secondary N) is 1. The van der Waals surface area contributed by atoms with Crippen LogP contribution in [-0.4, -0.2) is 30.0 Å². The molecule has 1 aliphatic heterocycles. The molecular formula is C12H18N4O. The van der Waals surface area contributed by atoms with Crippen LogP contribution in [-0.2, 0) is 4.79 Å². The molecule has 1 saturated heterocycles. The number of piperidine rings is 1. The van der Waals surface area contributed by atoms with E-state index in [2.05, 4.69) is 15.2 Å². The lowest BCUT2D eigenvalue weighted by Gasteiger charge is -2.33. The SMILES string of the molecule is CC(=O)NC1CCN(c2ccnc(N)c2)CC1. The third kappa shape index (κ3) is 3.09. The molecule has 1 aromatic heterocycles. The third-order valence-corrected chi connectivity index (χ3v) is 3.03. The van der Waals surface area contributed by atoms with E-state index >= 15 is 0 Å². The van der Waals surface area contributed by atoms with E-state index in [4.69, 9.17) is 5.73 Å². The third-order valence-electron chi connectivity index (χ3n) is 3.03. The van der Waals surface area contributed by atoms with E-state index in [1.807, 2.05) is 12.1 Å². The maximum absolute atomic E-state index is 11.0. The molecule has 0 radical (unpaired) electrons. The quantitative estimate of drug-likeness (QED) is 0.793. The molecule has 1 fully saturated rings. The number of hydrogen-bond donors (Lipinski definition) is 2. The Morgan fingerprint density at radius 3 is 2.82 bits per heavy atom. The lowest BCUT2D eigenvalue weighted by Crippen LogP contribution is -2.44. The normalized spacial score (nSPS) is 16.9. The maximum atomic E-state index is 11.0. The zero-order chi connectivity index (χ0) is 12.3. The van der Waals surface area contributed by atoms with Crippen LogP contribution in [0.5, 0.6) is 0 Å². The number of hydrogen-bond acceptors (Lipinski definition) is 4. The van der Waals surface area contributed by atoms with Crippen LogP contribution in [0.25, 0.3) is 0 Å². The van der Waals surface area contributed by atoms with E-state index in [0.29, 0.717) is 11.9 Å². The minimum atomic E-state index is 0.0524. The summed E-state index contributed by atoms with van der Waals surface area (Å²) >= 11 is 0. The van der Waals surface area contributed by atoms with Crippen LogP contribution in [0.2, 0.25) is 0 Å². The predicted molar refractivity (Wildman–Crippen MR) is 67.7 cm³/mol. The number of aromatic nitrogens is 1. The summed E-state index contributed by atoms with van der Waals surface area (Å²) in [5.41, 5.74) is 6.77. The van der Waals surface area contributed by atoms with E-state index in [9.17, 15) is 4.79 Å². The van der Waals surface area contributed by atoms with Crippen LogP contribution in [0.3, 0.4) is 0 Å². The molecule has 0 aliphatic carbocycles. The second kappa shape index (κ2) is 5.03. The lowest BCUT2D eigenvalue weighted by atomic mass is 10.0. The molecule has 0 saturated carbocycles. The minimum Gasteiger partial charge on any atom is -0.384 e. The average molecular weight is 234 g/mol. The van der Waals surface area contributed by atoms with Crippen molar-refractivity contribution >= 4 is 17.4 Å². The molecule has 3 N–H and O–H groups in total. The fourth-order valence-electron chi connectivity index (χ4n) is 2.20. The molecule has 0 bridgehead atoms. The van der Waals surface area contributed by atoms with Crippen molar-refractivity contribution in [3.05, 3.63) is 18.3 Å². The largest absolute Gasteiger partial charge is 0.384 e. The molecule has 2 heterocycles. The molecule has 0 unspecified atom stereocenters. The first kappa shape index (κ1) is 11.7. The molecule has 0 atom stereocenters. The van der Waals surface area contributed by atoms with Gasteiger partial charge in [0.25, 0.3) is 0 Å². The summed E-state index contributed by atoms with van der Waals surface area (Å²) in [6.45, 7) is 3.44. The molecule has 92 valence electrons. The van der Waals surface area contributed by atoms with E-state index in [1.54, 1.807) is 13.1 Å². The van der Waals surface area contributed by atoms with Gasteiger partial charge in [-0.15, -0.1) is 0 Å². The first-order valence-corrected chi connectivity index (χ1v) is 5.89. The summed E-state index contributed by atoms with van der Waals surface area (Å²) in [7, 11) is 0. The molecule has 0 spiro atoms. The highest BCUT2D eigenvalue weighted by Crippen LogP contribution is 2.20. The number of anilines is 2.